The molecule has 0 radical (unpaired) electrons. The van der Waals surface area contributed by atoms with Crippen LogP contribution in [0, 0.1) is 11.6 Å². The smallest absolute Gasteiger partial charge is 0.284 e. The minimum Gasteiger partial charge on any atom is -0.364 e. The summed E-state index contributed by atoms with van der Waals surface area (Å²) >= 11 is 0. The molecule has 0 bridgehead atoms. The van der Waals surface area contributed by atoms with Gasteiger partial charge in [-0.2, -0.15) is 0 Å². The predicted octanol–water partition coefficient (Wildman–Crippen LogP) is 1.46. The van der Waals surface area contributed by atoms with Gasteiger partial charge in [-0.1, -0.05) is 0 Å². The van der Waals surface area contributed by atoms with Gasteiger partial charge in [0.15, 0.2) is 17.2 Å². The van der Waals surface area contributed by atoms with Crippen LogP contribution in [0.1, 0.15) is 41.4 Å². The van der Waals surface area contributed by atoms with Gasteiger partial charge in [0.1, 0.15) is 5.82 Å². The number of amides is 2. The zero-order chi connectivity index (χ0) is 22.2. The van der Waals surface area contributed by atoms with Crippen LogP contribution in [0.15, 0.2) is 24.7 Å². The first-order valence-corrected chi connectivity index (χ1v) is 9.62. The van der Waals surface area contributed by atoms with Crippen molar-refractivity contribution < 1.29 is 27.6 Å². The monoisotopic (exact) mass is 436 g/mol. The number of nitrogens with zero attached hydrogens (tertiary/aromatic N) is 5. The Morgan fingerprint density at radius 3 is 2.61 bits per heavy atom. The van der Waals surface area contributed by atoms with E-state index in [0.29, 0.717) is 12.0 Å². The van der Waals surface area contributed by atoms with Gasteiger partial charge >= 0.3 is 0 Å². The number of hydroxylamine groups is 2. The highest BCUT2D eigenvalue weighted by atomic mass is 19.1. The van der Waals surface area contributed by atoms with E-state index in [0.717, 1.165) is 17.5 Å². The van der Waals surface area contributed by atoms with Crippen LogP contribution in [0.5, 0.6) is 0 Å². The maximum atomic E-state index is 15.6. The number of rotatable bonds is 4. The first-order valence-electron chi connectivity index (χ1n) is 9.62. The van der Waals surface area contributed by atoms with Crippen molar-refractivity contribution in [2.45, 2.75) is 31.0 Å². The molecule has 2 aliphatic heterocycles. The lowest BCUT2D eigenvalue weighted by Gasteiger charge is -2.37. The summed E-state index contributed by atoms with van der Waals surface area (Å²) in [5.41, 5.74) is 2.74. The van der Waals surface area contributed by atoms with Crippen molar-refractivity contribution in [3.63, 3.8) is 0 Å². The molecule has 2 fully saturated rings. The number of piperidine rings is 1. The Labute approximate surface area is 175 Å². The second kappa shape index (κ2) is 8.10. The normalized spacial score (nSPS) is 20.7. The maximum Gasteiger partial charge on any atom is 0.284 e. The topological polar surface area (TPSA) is 115 Å². The van der Waals surface area contributed by atoms with E-state index in [-0.39, 0.29) is 38.5 Å². The Bertz CT molecular complexity index is 1020. The second-order valence-electron chi connectivity index (χ2n) is 7.39. The summed E-state index contributed by atoms with van der Waals surface area (Å²) in [7, 11) is 0. The van der Waals surface area contributed by atoms with Gasteiger partial charge in [0.25, 0.3) is 11.8 Å². The molecular formula is C19H19F3N6O3. The molecule has 0 spiro atoms. The third-order valence-electron chi connectivity index (χ3n) is 5.40. The molecule has 1 unspecified atom stereocenters. The number of alkyl halides is 1. The molecule has 2 N–H and O–H groups in total. The molecule has 9 nitrogen and oxygen atoms in total. The maximum absolute atomic E-state index is 15.6. The van der Waals surface area contributed by atoms with Gasteiger partial charge in [-0.15, -0.1) is 0 Å². The zero-order valence-corrected chi connectivity index (χ0v) is 16.3. The molecule has 0 aliphatic carbocycles. The fraction of sp³-hybridized carbons (Fsp3) is 0.421. The van der Waals surface area contributed by atoms with E-state index >= 15 is 4.39 Å². The molecule has 2 aromatic heterocycles. The summed E-state index contributed by atoms with van der Waals surface area (Å²) in [5, 5.41) is 0.964. The minimum atomic E-state index is -2.22. The molecule has 2 amide bonds. The Kier molecular flexibility index (Phi) is 5.48. The highest BCUT2D eigenvalue weighted by Crippen LogP contribution is 2.37. The van der Waals surface area contributed by atoms with Crippen LogP contribution >= 0.6 is 0 Å². The van der Waals surface area contributed by atoms with Gasteiger partial charge in [0, 0.05) is 38.5 Å². The zero-order valence-electron chi connectivity index (χ0n) is 16.3. The van der Waals surface area contributed by atoms with Crippen molar-refractivity contribution in [2.24, 2.45) is 5.73 Å². The number of hydrogen-bond acceptors (Lipinski definition) is 7. The highest BCUT2D eigenvalue weighted by molar-refractivity contribution is 5.91. The Balaban J connectivity index is 1.47. The number of carbonyl (C=O) groups is 2. The largest absolute Gasteiger partial charge is 0.364 e. The number of carbonyl (C=O) groups excluding carboxylic acids is 2. The number of pyridine rings is 1. The molecule has 2 aromatic rings. The molecule has 12 heteroatoms. The minimum absolute atomic E-state index is 0.0193. The molecule has 2 aliphatic rings. The lowest BCUT2D eigenvalue weighted by atomic mass is 9.91. The Morgan fingerprint density at radius 1 is 1.19 bits per heavy atom. The molecule has 31 heavy (non-hydrogen) atoms. The molecule has 4 rings (SSSR count). The van der Waals surface area contributed by atoms with E-state index in [1.807, 2.05) is 0 Å². The molecule has 2 saturated heterocycles. The summed E-state index contributed by atoms with van der Waals surface area (Å²) in [6.45, 7) is 0.284. The van der Waals surface area contributed by atoms with Crippen molar-refractivity contribution in [3.8, 4) is 0 Å². The fourth-order valence-electron chi connectivity index (χ4n) is 3.74. The van der Waals surface area contributed by atoms with Crippen LogP contribution in [-0.4, -0.2) is 57.2 Å². The lowest BCUT2D eigenvalue weighted by molar-refractivity contribution is -0.191. The van der Waals surface area contributed by atoms with Gasteiger partial charge < -0.3 is 10.6 Å². The fourth-order valence-corrected chi connectivity index (χ4v) is 3.74. The predicted molar refractivity (Wildman–Crippen MR) is 100 cm³/mol. The van der Waals surface area contributed by atoms with Gasteiger partial charge in [-0.05, 0) is 11.6 Å². The van der Waals surface area contributed by atoms with Crippen LogP contribution in [0.4, 0.5) is 19.1 Å². The molecule has 1 atom stereocenters. The number of nitrogens with two attached hydrogens (primary N) is 1. The highest BCUT2D eigenvalue weighted by Gasteiger charge is 2.48. The van der Waals surface area contributed by atoms with E-state index in [1.165, 1.54) is 17.2 Å². The summed E-state index contributed by atoms with van der Waals surface area (Å²) in [5.74, 6) is -3.39. The van der Waals surface area contributed by atoms with Crippen LogP contribution in [0.25, 0.3) is 0 Å². The third-order valence-corrected chi connectivity index (χ3v) is 5.40. The lowest BCUT2D eigenvalue weighted by Crippen LogP contribution is -2.52. The van der Waals surface area contributed by atoms with Gasteiger partial charge in [0.2, 0.25) is 5.95 Å². The summed E-state index contributed by atoms with van der Waals surface area (Å²) < 4.78 is 42.7. The number of halogens is 3. The molecule has 164 valence electrons. The third kappa shape index (κ3) is 4.02. The van der Waals surface area contributed by atoms with Crippen molar-refractivity contribution in [3.05, 3.63) is 47.5 Å². The van der Waals surface area contributed by atoms with Crippen molar-refractivity contribution in [2.75, 3.05) is 24.6 Å². The van der Waals surface area contributed by atoms with Crippen molar-refractivity contribution >= 4 is 17.8 Å². The summed E-state index contributed by atoms with van der Waals surface area (Å²) in [4.78, 5) is 42.6. The number of primary amides is 1. The van der Waals surface area contributed by atoms with E-state index in [1.54, 1.807) is 0 Å². The standard InChI is InChI=1S/C19H19F3N6O3/c20-12-7-11(8-24-9-12)14-1-6-31-28(14)17(30)19(22)2-4-27(5-3-19)18-25-10-13(21)15(26-18)16(23)29/h7-10,14H,1-6H2,(H2,23,29). The molecule has 0 saturated carbocycles. The molecule has 4 heterocycles. The van der Waals surface area contributed by atoms with E-state index in [4.69, 9.17) is 10.6 Å². The first kappa shape index (κ1) is 21.0. The first-order chi connectivity index (χ1) is 14.8. The Morgan fingerprint density at radius 2 is 1.94 bits per heavy atom. The second-order valence-corrected chi connectivity index (χ2v) is 7.39. The number of anilines is 1. The van der Waals surface area contributed by atoms with Gasteiger partial charge in [-0.3, -0.25) is 19.4 Å². The Hall–Kier alpha value is -3.28. The van der Waals surface area contributed by atoms with Gasteiger partial charge in [0.05, 0.1) is 25.0 Å². The van der Waals surface area contributed by atoms with E-state index in [9.17, 15) is 18.4 Å². The van der Waals surface area contributed by atoms with Crippen molar-refractivity contribution in [1.29, 1.82) is 0 Å². The number of hydrogen-bond donors (Lipinski definition) is 1. The average molecular weight is 436 g/mol. The molecule has 0 aromatic carbocycles. The van der Waals surface area contributed by atoms with Crippen LogP contribution in [0.2, 0.25) is 0 Å². The summed E-state index contributed by atoms with van der Waals surface area (Å²) in [6, 6.07) is 0.599. The van der Waals surface area contributed by atoms with Crippen LogP contribution in [0.3, 0.4) is 0 Å². The quantitative estimate of drug-likeness (QED) is 0.772. The molecular weight excluding hydrogens is 417 g/mol. The van der Waals surface area contributed by atoms with E-state index in [2.05, 4.69) is 15.0 Å². The number of aromatic nitrogens is 3. The van der Waals surface area contributed by atoms with Crippen molar-refractivity contribution in [1.82, 2.24) is 20.0 Å². The van der Waals surface area contributed by atoms with Gasteiger partial charge in [-0.25, -0.2) is 28.2 Å². The SMILES string of the molecule is NC(=O)c1nc(N2CCC(F)(C(=O)N3OCCC3c3cncc(F)c3)CC2)ncc1F. The summed E-state index contributed by atoms with van der Waals surface area (Å²) in [6.07, 6.45) is 3.26. The van der Waals surface area contributed by atoms with E-state index < -0.39 is 40.9 Å². The van der Waals surface area contributed by atoms with Crippen LogP contribution in [-0.2, 0) is 9.63 Å². The average Bonchev–Trinajstić information content (AvgIpc) is 3.24. The van der Waals surface area contributed by atoms with Crippen LogP contribution < -0.4 is 10.6 Å².